The number of hydrogen-bond acceptors (Lipinski definition) is 2. The number of ketones is 1. The molecule has 0 aromatic rings. The number of aliphatic hydroxyl groups excluding tert-OH is 1. The zero-order valence-electron chi connectivity index (χ0n) is 7.42. The van der Waals surface area contributed by atoms with Gasteiger partial charge >= 0.3 is 0 Å². The maximum Gasteiger partial charge on any atom is 0.159 e. The highest BCUT2D eigenvalue weighted by atomic mass is 16.3. The van der Waals surface area contributed by atoms with Gasteiger partial charge in [-0.2, -0.15) is 0 Å². The van der Waals surface area contributed by atoms with Gasteiger partial charge in [0.2, 0.25) is 0 Å². The van der Waals surface area contributed by atoms with E-state index in [0.717, 1.165) is 0 Å². The summed E-state index contributed by atoms with van der Waals surface area (Å²) in [4.78, 5) is 10.6. The molecule has 0 heterocycles. The molecule has 0 radical (unpaired) electrons. The van der Waals surface area contributed by atoms with Crippen molar-refractivity contribution >= 4 is 5.78 Å². The average Bonchev–Trinajstić information content (AvgIpc) is 1.88. The Labute approximate surface area is 67.9 Å². The normalized spacial score (nSPS) is 23.4. The Morgan fingerprint density at radius 2 is 2.00 bits per heavy atom. The monoisotopic (exact) mass is 156 g/mol. The number of carbonyl (C=O) groups excluding carboxylic acids is 1. The average molecular weight is 156 g/mol. The second kappa shape index (κ2) is 4.94. The minimum atomic E-state index is 0.0475. The first kappa shape index (κ1) is 10.2. The van der Waals surface area contributed by atoms with Gasteiger partial charge in [-0.15, -0.1) is 0 Å². The van der Waals surface area contributed by atoms with Gasteiger partial charge in [-0.3, -0.25) is 4.79 Å². The number of rotatable bonds is 0. The molecule has 0 fully saturated rings. The van der Waals surface area contributed by atoms with E-state index in [1.165, 1.54) is 6.08 Å². The molecule has 0 aromatic carbocycles. The van der Waals surface area contributed by atoms with Crippen molar-refractivity contribution < 1.29 is 9.90 Å². The van der Waals surface area contributed by atoms with Crippen molar-refractivity contribution in [3.8, 4) is 0 Å². The van der Waals surface area contributed by atoms with Crippen LogP contribution in [0.2, 0.25) is 0 Å². The Bertz CT molecular complexity index is 159. The lowest BCUT2D eigenvalue weighted by molar-refractivity contribution is -0.116. The summed E-state index contributed by atoms with van der Waals surface area (Å²) in [5.41, 5.74) is 0. The van der Waals surface area contributed by atoms with Crippen molar-refractivity contribution in [1.82, 2.24) is 0 Å². The molecule has 1 rings (SSSR count). The molecule has 1 aliphatic carbocycles. The summed E-state index contributed by atoms with van der Waals surface area (Å²) < 4.78 is 0. The van der Waals surface area contributed by atoms with Crippen LogP contribution >= 0.6 is 0 Å². The van der Waals surface area contributed by atoms with Crippen molar-refractivity contribution in [2.75, 3.05) is 0 Å². The Kier molecular flexibility index (Phi) is 4.59. The van der Waals surface area contributed by atoms with E-state index in [0.29, 0.717) is 18.8 Å². The molecule has 2 nitrogen and oxygen atoms in total. The van der Waals surface area contributed by atoms with Crippen LogP contribution in [-0.4, -0.2) is 10.9 Å². The lowest BCUT2D eigenvalue weighted by atomic mass is 9.94. The highest BCUT2D eigenvalue weighted by Crippen LogP contribution is 2.18. The molecule has 0 aliphatic heterocycles. The first-order chi connectivity index (χ1) is 5.18. The van der Waals surface area contributed by atoms with Crippen LogP contribution in [0.4, 0.5) is 0 Å². The van der Waals surface area contributed by atoms with Crippen LogP contribution in [0.25, 0.3) is 0 Å². The van der Waals surface area contributed by atoms with Gasteiger partial charge in [-0.25, -0.2) is 0 Å². The van der Waals surface area contributed by atoms with E-state index in [2.05, 4.69) is 0 Å². The van der Waals surface area contributed by atoms with Crippen molar-refractivity contribution in [3.63, 3.8) is 0 Å². The molecule has 2 heteroatoms. The molecule has 0 saturated carbocycles. The van der Waals surface area contributed by atoms with Gasteiger partial charge in [0.25, 0.3) is 0 Å². The zero-order chi connectivity index (χ0) is 8.85. The first-order valence-corrected chi connectivity index (χ1v) is 4.11. The third-order valence-corrected chi connectivity index (χ3v) is 1.43. The Morgan fingerprint density at radius 3 is 2.36 bits per heavy atom. The fraction of sp³-hybridized carbons (Fsp3) is 0.667. The Balaban J connectivity index is 0.000000461. The molecule has 1 atom stereocenters. The van der Waals surface area contributed by atoms with Crippen LogP contribution in [0.15, 0.2) is 11.8 Å². The van der Waals surface area contributed by atoms with Crippen molar-refractivity contribution in [2.45, 2.75) is 33.6 Å². The Morgan fingerprint density at radius 1 is 1.45 bits per heavy atom. The second-order valence-electron chi connectivity index (χ2n) is 2.62. The molecule has 1 unspecified atom stereocenters. The summed E-state index contributed by atoms with van der Waals surface area (Å²) in [5.74, 6) is 0.604. The SMILES string of the molecule is CC.CC1CC(=O)C=C(O)C1. The maximum absolute atomic E-state index is 10.6. The lowest BCUT2D eigenvalue weighted by Gasteiger charge is -2.12. The predicted molar refractivity (Wildman–Crippen MR) is 45.5 cm³/mol. The fourth-order valence-corrected chi connectivity index (χ4v) is 1.08. The summed E-state index contributed by atoms with van der Waals surface area (Å²) in [6.45, 7) is 5.96. The Hall–Kier alpha value is -0.790. The first-order valence-electron chi connectivity index (χ1n) is 4.11. The molecular formula is C9H16O2. The predicted octanol–water partition coefficient (Wildman–Crippen LogP) is 2.45. The summed E-state index contributed by atoms with van der Waals surface area (Å²) >= 11 is 0. The minimum absolute atomic E-state index is 0.0475. The van der Waals surface area contributed by atoms with Crippen LogP contribution in [0.3, 0.4) is 0 Å². The molecule has 0 aromatic heterocycles. The van der Waals surface area contributed by atoms with Gasteiger partial charge in [0, 0.05) is 18.9 Å². The van der Waals surface area contributed by atoms with Crippen LogP contribution < -0.4 is 0 Å². The molecule has 1 N–H and O–H groups in total. The molecule has 0 saturated heterocycles. The topological polar surface area (TPSA) is 37.3 Å². The highest BCUT2D eigenvalue weighted by Gasteiger charge is 2.15. The molecule has 0 amide bonds. The van der Waals surface area contributed by atoms with Gasteiger partial charge in [-0.1, -0.05) is 20.8 Å². The van der Waals surface area contributed by atoms with Crippen LogP contribution in [0.1, 0.15) is 33.6 Å². The summed E-state index contributed by atoms with van der Waals surface area (Å²) in [6.07, 6.45) is 2.57. The van der Waals surface area contributed by atoms with Crippen molar-refractivity contribution in [3.05, 3.63) is 11.8 Å². The summed E-state index contributed by atoms with van der Waals surface area (Å²) in [6, 6.07) is 0. The quantitative estimate of drug-likeness (QED) is 0.585. The number of aliphatic hydroxyl groups is 1. The molecule has 0 bridgehead atoms. The van der Waals surface area contributed by atoms with E-state index in [4.69, 9.17) is 5.11 Å². The van der Waals surface area contributed by atoms with E-state index >= 15 is 0 Å². The van der Waals surface area contributed by atoms with Crippen LogP contribution in [0, 0.1) is 5.92 Å². The summed E-state index contributed by atoms with van der Waals surface area (Å²) in [5, 5.41) is 8.89. The van der Waals surface area contributed by atoms with Crippen LogP contribution in [-0.2, 0) is 4.79 Å². The van der Waals surface area contributed by atoms with Gasteiger partial charge in [0.1, 0.15) is 0 Å². The largest absolute Gasteiger partial charge is 0.512 e. The highest BCUT2D eigenvalue weighted by molar-refractivity contribution is 5.90. The second-order valence-corrected chi connectivity index (χ2v) is 2.62. The molecule has 1 aliphatic rings. The number of carbonyl (C=O) groups is 1. The third kappa shape index (κ3) is 3.81. The molecule has 11 heavy (non-hydrogen) atoms. The van der Waals surface area contributed by atoms with Crippen LogP contribution in [0.5, 0.6) is 0 Å². The molecular weight excluding hydrogens is 140 g/mol. The summed E-state index contributed by atoms with van der Waals surface area (Å²) in [7, 11) is 0. The van der Waals surface area contributed by atoms with E-state index in [1.54, 1.807) is 0 Å². The van der Waals surface area contributed by atoms with Gasteiger partial charge in [0.15, 0.2) is 5.78 Å². The standard InChI is InChI=1S/C7H10O2.C2H6/c1-5-2-6(8)4-7(9)3-5;1-2/h4-5,8H,2-3H2,1H3;1-2H3. The van der Waals surface area contributed by atoms with E-state index in [1.807, 2.05) is 20.8 Å². The van der Waals surface area contributed by atoms with Gasteiger partial charge in [0.05, 0.1) is 5.76 Å². The lowest BCUT2D eigenvalue weighted by Crippen LogP contribution is -2.10. The van der Waals surface area contributed by atoms with Crippen molar-refractivity contribution in [1.29, 1.82) is 0 Å². The maximum atomic E-state index is 10.6. The number of allylic oxidation sites excluding steroid dienone is 2. The van der Waals surface area contributed by atoms with E-state index in [-0.39, 0.29) is 11.5 Å². The van der Waals surface area contributed by atoms with Gasteiger partial charge < -0.3 is 5.11 Å². The zero-order valence-corrected chi connectivity index (χ0v) is 7.42. The fourth-order valence-electron chi connectivity index (χ4n) is 1.08. The van der Waals surface area contributed by atoms with Crippen molar-refractivity contribution in [2.24, 2.45) is 5.92 Å². The number of hydrogen-bond donors (Lipinski definition) is 1. The van der Waals surface area contributed by atoms with Gasteiger partial charge in [-0.05, 0) is 5.92 Å². The molecule has 0 spiro atoms. The van der Waals surface area contributed by atoms with E-state index in [9.17, 15) is 4.79 Å². The minimum Gasteiger partial charge on any atom is -0.512 e. The van der Waals surface area contributed by atoms with E-state index < -0.39 is 0 Å². The third-order valence-electron chi connectivity index (χ3n) is 1.43. The molecule has 64 valence electrons. The smallest absolute Gasteiger partial charge is 0.159 e.